The van der Waals surface area contributed by atoms with Gasteiger partial charge in [-0.1, -0.05) is 23.2 Å². The summed E-state index contributed by atoms with van der Waals surface area (Å²) >= 11 is 11.7. The van der Waals surface area contributed by atoms with E-state index in [9.17, 15) is 13.2 Å². The van der Waals surface area contributed by atoms with Crippen LogP contribution in [0.2, 0.25) is 10.0 Å². The molecule has 1 atom stereocenters. The van der Waals surface area contributed by atoms with Crippen molar-refractivity contribution in [3.05, 3.63) is 57.8 Å². The first kappa shape index (κ1) is 17.7. The summed E-state index contributed by atoms with van der Waals surface area (Å²) in [7, 11) is -4.04. The average molecular weight is 375 g/mol. The number of halogens is 2. The number of nitrogens with zero attached hydrogens (tertiary/aromatic N) is 1. The van der Waals surface area contributed by atoms with E-state index in [2.05, 4.69) is 9.71 Å². The fourth-order valence-corrected chi connectivity index (χ4v) is 4.00. The van der Waals surface area contributed by atoms with Gasteiger partial charge in [-0.05, 0) is 36.8 Å². The smallest absolute Gasteiger partial charge is 0.337 e. The Kier molecular flexibility index (Phi) is 5.26. The van der Waals surface area contributed by atoms with E-state index in [1.54, 1.807) is 19.1 Å². The standard InChI is InChI=1S/C14H12Cl2N2O4S/c1-8(9-2-4-17-5-3-9)18-23(21,22)13-6-10(14(19)20)11(15)7-12(13)16/h2-8,18H,1H3,(H,19,20)/t8-/m1/s1. The molecular weight excluding hydrogens is 363 g/mol. The summed E-state index contributed by atoms with van der Waals surface area (Å²) in [6, 6.07) is 4.81. The molecule has 0 aliphatic heterocycles. The van der Waals surface area contributed by atoms with Crippen molar-refractivity contribution in [3.63, 3.8) is 0 Å². The third-order valence-electron chi connectivity index (χ3n) is 3.08. The second-order valence-corrected chi connectivity index (χ2v) is 7.19. The minimum atomic E-state index is -4.04. The average Bonchev–Trinajstić information content (AvgIpc) is 2.46. The Morgan fingerprint density at radius 1 is 1.22 bits per heavy atom. The molecule has 1 aromatic carbocycles. The van der Waals surface area contributed by atoms with Crippen LogP contribution in [-0.4, -0.2) is 24.5 Å². The maximum Gasteiger partial charge on any atom is 0.337 e. The van der Waals surface area contributed by atoms with Crippen LogP contribution in [-0.2, 0) is 10.0 Å². The number of carboxylic acids is 1. The first-order chi connectivity index (χ1) is 10.7. The predicted octanol–water partition coefficient (Wildman–Crippen LogP) is 3.13. The summed E-state index contributed by atoms with van der Waals surface area (Å²) in [5, 5.41) is 8.76. The van der Waals surface area contributed by atoms with Crippen LogP contribution in [0.15, 0.2) is 41.6 Å². The van der Waals surface area contributed by atoms with E-state index in [4.69, 9.17) is 28.3 Å². The van der Waals surface area contributed by atoms with E-state index >= 15 is 0 Å². The van der Waals surface area contributed by atoms with Crippen molar-refractivity contribution in [2.75, 3.05) is 0 Å². The van der Waals surface area contributed by atoms with E-state index in [1.807, 2.05) is 0 Å². The van der Waals surface area contributed by atoms with E-state index in [1.165, 1.54) is 12.4 Å². The zero-order valence-electron chi connectivity index (χ0n) is 11.8. The summed E-state index contributed by atoms with van der Waals surface area (Å²) in [5.74, 6) is -1.34. The van der Waals surface area contributed by atoms with Crippen molar-refractivity contribution >= 4 is 39.2 Å². The van der Waals surface area contributed by atoms with Crippen LogP contribution in [0.3, 0.4) is 0 Å². The predicted molar refractivity (Wildman–Crippen MR) is 86.4 cm³/mol. The summed E-state index contributed by atoms with van der Waals surface area (Å²) in [5.41, 5.74) is 0.361. The Hall–Kier alpha value is -1.67. The van der Waals surface area contributed by atoms with Crippen LogP contribution in [0.5, 0.6) is 0 Å². The van der Waals surface area contributed by atoms with Crippen LogP contribution >= 0.6 is 23.2 Å². The van der Waals surface area contributed by atoms with E-state index < -0.39 is 22.0 Å². The maximum atomic E-state index is 12.5. The van der Waals surface area contributed by atoms with Crippen LogP contribution in [0.4, 0.5) is 0 Å². The van der Waals surface area contributed by atoms with Crippen molar-refractivity contribution in [2.45, 2.75) is 17.9 Å². The monoisotopic (exact) mass is 374 g/mol. The normalized spacial score (nSPS) is 12.8. The van der Waals surface area contributed by atoms with Gasteiger partial charge in [-0.2, -0.15) is 0 Å². The molecule has 0 unspecified atom stereocenters. The molecule has 2 aromatic rings. The largest absolute Gasteiger partial charge is 0.478 e. The number of benzene rings is 1. The van der Waals surface area contributed by atoms with Gasteiger partial charge in [0.2, 0.25) is 10.0 Å². The summed E-state index contributed by atoms with van der Waals surface area (Å²) < 4.78 is 27.4. The lowest BCUT2D eigenvalue weighted by Gasteiger charge is -2.16. The number of hydrogen-bond donors (Lipinski definition) is 2. The molecule has 2 N–H and O–H groups in total. The third kappa shape index (κ3) is 4.00. The zero-order chi connectivity index (χ0) is 17.2. The highest BCUT2D eigenvalue weighted by Crippen LogP contribution is 2.29. The first-order valence-electron chi connectivity index (χ1n) is 6.37. The minimum Gasteiger partial charge on any atom is -0.478 e. The highest BCUT2D eigenvalue weighted by atomic mass is 35.5. The second kappa shape index (κ2) is 6.84. The zero-order valence-corrected chi connectivity index (χ0v) is 14.2. The van der Waals surface area contributed by atoms with Gasteiger partial charge < -0.3 is 5.11 Å². The summed E-state index contributed by atoms with van der Waals surface area (Å²) in [6.45, 7) is 1.65. The number of hydrogen-bond acceptors (Lipinski definition) is 4. The van der Waals surface area contributed by atoms with Gasteiger partial charge >= 0.3 is 5.97 Å². The Morgan fingerprint density at radius 2 is 1.83 bits per heavy atom. The van der Waals surface area contributed by atoms with Crippen LogP contribution in [0.1, 0.15) is 28.9 Å². The molecule has 0 fully saturated rings. The fourth-order valence-electron chi connectivity index (χ4n) is 1.92. The van der Waals surface area contributed by atoms with Gasteiger partial charge in [0.25, 0.3) is 0 Å². The van der Waals surface area contributed by atoms with Crippen molar-refractivity contribution in [2.24, 2.45) is 0 Å². The first-order valence-corrected chi connectivity index (χ1v) is 8.61. The van der Waals surface area contributed by atoms with Crippen molar-refractivity contribution in [1.82, 2.24) is 9.71 Å². The molecule has 23 heavy (non-hydrogen) atoms. The Bertz CT molecular complexity index is 841. The summed E-state index contributed by atoms with van der Waals surface area (Å²) in [4.78, 5) is 14.6. The molecule has 0 saturated carbocycles. The van der Waals surface area contributed by atoms with E-state index in [0.29, 0.717) is 5.56 Å². The number of sulfonamides is 1. The van der Waals surface area contributed by atoms with Crippen molar-refractivity contribution < 1.29 is 18.3 Å². The Balaban J connectivity index is 2.40. The molecule has 2 rings (SSSR count). The molecule has 1 aromatic heterocycles. The molecule has 0 bridgehead atoms. The molecule has 1 heterocycles. The molecule has 6 nitrogen and oxygen atoms in total. The van der Waals surface area contributed by atoms with Gasteiger partial charge in [0.1, 0.15) is 4.90 Å². The van der Waals surface area contributed by atoms with Gasteiger partial charge in [0, 0.05) is 18.4 Å². The number of carbonyl (C=O) groups is 1. The molecule has 9 heteroatoms. The van der Waals surface area contributed by atoms with Gasteiger partial charge in [-0.15, -0.1) is 0 Å². The lowest BCUT2D eigenvalue weighted by atomic mass is 10.1. The third-order valence-corrected chi connectivity index (χ3v) is 5.40. The van der Waals surface area contributed by atoms with E-state index in [0.717, 1.165) is 12.1 Å². The molecule has 0 radical (unpaired) electrons. The molecule has 0 saturated heterocycles. The maximum absolute atomic E-state index is 12.5. The minimum absolute atomic E-state index is 0.136. The molecule has 0 amide bonds. The number of pyridine rings is 1. The van der Waals surface area contributed by atoms with E-state index in [-0.39, 0.29) is 20.5 Å². The Morgan fingerprint density at radius 3 is 2.39 bits per heavy atom. The molecule has 0 spiro atoms. The number of nitrogens with one attached hydrogen (secondary N) is 1. The van der Waals surface area contributed by atoms with Crippen molar-refractivity contribution in [3.8, 4) is 0 Å². The molecule has 0 aliphatic carbocycles. The van der Waals surface area contributed by atoms with Crippen molar-refractivity contribution in [1.29, 1.82) is 0 Å². The molecule has 122 valence electrons. The summed E-state index contributed by atoms with van der Waals surface area (Å²) in [6.07, 6.45) is 3.08. The quantitative estimate of drug-likeness (QED) is 0.837. The SMILES string of the molecule is C[C@@H](NS(=O)(=O)c1cc(C(=O)O)c(Cl)cc1Cl)c1ccncc1. The topological polar surface area (TPSA) is 96.4 Å². The number of aromatic carboxylic acids is 1. The van der Waals surface area contributed by atoms with Crippen LogP contribution in [0, 0.1) is 0 Å². The lowest BCUT2D eigenvalue weighted by molar-refractivity contribution is 0.0697. The van der Waals surface area contributed by atoms with Crippen LogP contribution in [0.25, 0.3) is 0 Å². The fraction of sp³-hybridized carbons (Fsp3) is 0.143. The van der Waals surface area contributed by atoms with Gasteiger partial charge in [0.15, 0.2) is 0 Å². The van der Waals surface area contributed by atoms with Gasteiger partial charge in [0.05, 0.1) is 15.6 Å². The Labute approximate surface area is 143 Å². The lowest BCUT2D eigenvalue weighted by Crippen LogP contribution is -2.27. The number of aromatic nitrogens is 1. The number of carboxylic acid groups (broad SMARTS) is 1. The highest BCUT2D eigenvalue weighted by molar-refractivity contribution is 7.89. The molecule has 0 aliphatic rings. The highest BCUT2D eigenvalue weighted by Gasteiger charge is 2.24. The van der Waals surface area contributed by atoms with Gasteiger partial charge in [-0.3, -0.25) is 4.98 Å². The molecular formula is C14H12Cl2N2O4S. The number of rotatable bonds is 5. The second-order valence-electron chi connectivity index (χ2n) is 4.69. The van der Waals surface area contributed by atoms with Crippen LogP contribution < -0.4 is 4.72 Å². The van der Waals surface area contributed by atoms with Gasteiger partial charge in [-0.25, -0.2) is 17.9 Å².